The van der Waals surface area contributed by atoms with Gasteiger partial charge in [-0.15, -0.1) is 0 Å². The lowest BCUT2D eigenvalue weighted by atomic mass is 10.1. The van der Waals surface area contributed by atoms with Crippen LogP contribution in [0.4, 0.5) is 0 Å². The second-order valence-electron chi connectivity index (χ2n) is 4.71. The number of rotatable bonds is 5. The SMILES string of the molecule is COc1ccccc1CNCC1CCS(=O)(=O)C1. The topological polar surface area (TPSA) is 55.4 Å². The lowest BCUT2D eigenvalue weighted by Crippen LogP contribution is -2.23. The molecule has 2 rings (SSSR count). The van der Waals surface area contributed by atoms with Crippen molar-refractivity contribution >= 4 is 9.84 Å². The van der Waals surface area contributed by atoms with Gasteiger partial charge in [0.05, 0.1) is 18.6 Å². The molecule has 1 aliphatic rings. The van der Waals surface area contributed by atoms with E-state index < -0.39 is 9.84 Å². The van der Waals surface area contributed by atoms with Crippen molar-refractivity contribution in [3.05, 3.63) is 29.8 Å². The number of ether oxygens (including phenoxy) is 1. The zero-order valence-electron chi connectivity index (χ0n) is 10.6. The maximum absolute atomic E-state index is 11.3. The number of benzene rings is 1. The molecule has 1 fully saturated rings. The average molecular weight is 269 g/mol. The molecule has 1 unspecified atom stereocenters. The molecule has 0 aliphatic carbocycles. The van der Waals surface area contributed by atoms with Gasteiger partial charge in [-0.25, -0.2) is 8.42 Å². The molecular formula is C13H19NO3S. The summed E-state index contributed by atoms with van der Waals surface area (Å²) >= 11 is 0. The van der Waals surface area contributed by atoms with Crippen LogP contribution in [0.1, 0.15) is 12.0 Å². The summed E-state index contributed by atoms with van der Waals surface area (Å²) in [4.78, 5) is 0. The van der Waals surface area contributed by atoms with E-state index in [-0.39, 0.29) is 5.92 Å². The van der Waals surface area contributed by atoms with Crippen molar-refractivity contribution in [3.8, 4) is 5.75 Å². The van der Waals surface area contributed by atoms with Crippen LogP contribution in [0.3, 0.4) is 0 Å². The van der Waals surface area contributed by atoms with Gasteiger partial charge in [-0.2, -0.15) is 0 Å². The molecule has 0 aromatic heterocycles. The number of hydrogen-bond donors (Lipinski definition) is 1. The minimum absolute atomic E-state index is 0.254. The third kappa shape index (κ3) is 3.46. The Morgan fingerprint density at radius 3 is 2.83 bits per heavy atom. The standard InChI is InChI=1S/C13H19NO3S/c1-17-13-5-3-2-4-12(13)9-14-8-11-6-7-18(15,16)10-11/h2-5,11,14H,6-10H2,1H3. The lowest BCUT2D eigenvalue weighted by molar-refractivity contribution is 0.406. The third-order valence-electron chi connectivity index (χ3n) is 3.27. The average Bonchev–Trinajstić information content (AvgIpc) is 2.69. The van der Waals surface area contributed by atoms with Crippen molar-refractivity contribution in [3.63, 3.8) is 0 Å². The molecule has 100 valence electrons. The summed E-state index contributed by atoms with van der Waals surface area (Å²) in [5.74, 6) is 1.79. The Morgan fingerprint density at radius 2 is 2.17 bits per heavy atom. The summed E-state index contributed by atoms with van der Waals surface area (Å²) in [6.45, 7) is 1.46. The minimum atomic E-state index is -2.77. The molecule has 1 aromatic carbocycles. The van der Waals surface area contributed by atoms with Gasteiger partial charge in [0.2, 0.25) is 0 Å². The number of para-hydroxylation sites is 1. The molecule has 0 amide bonds. The monoisotopic (exact) mass is 269 g/mol. The maximum atomic E-state index is 11.3. The zero-order valence-corrected chi connectivity index (χ0v) is 11.4. The van der Waals surface area contributed by atoms with Gasteiger partial charge < -0.3 is 10.1 Å². The van der Waals surface area contributed by atoms with Gasteiger partial charge in [-0.3, -0.25) is 0 Å². The molecule has 1 atom stereocenters. The maximum Gasteiger partial charge on any atom is 0.150 e. The fraction of sp³-hybridized carbons (Fsp3) is 0.538. The highest BCUT2D eigenvalue weighted by Crippen LogP contribution is 2.19. The molecule has 0 spiro atoms. The Labute approximate surface area is 108 Å². The molecule has 4 nitrogen and oxygen atoms in total. The predicted molar refractivity (Wildman–Crippen MR) is 71.5 cm³/mol. The van der Waals surface area contributed by atoms with Gasteiger partial charge in [-0.05, 0) is 24.9 Å². The summed E-state index contributed by atoms with van der Waals surface area (Å²) < 4.78 is 27.9. The van der Waals surface area contributed by atoms with E-state index in [2.05, 4.69) is 5.32 Å². The smallest absolute Gasteiger partial charge is 0.150 e. The van der Waals surface area contributed by atoms with E-state index in [0.717, 1.165) is 24.3 Å². The van der Waals surface area contributed by atoms with Crippen molar-refractivity contribution < 1.29 is 13.2 Å². The molecule has 1 saturated heterocycles. The molecule has 0 radical (unpaired) electrons. The van der Waals surface area contributed by atoms with Gasteiger partial charge in [0.25, 0.3) is 0 Å². The minimum Gasteiger partial charge on any atom is -0.496 e. The Kier molecular flexibility index (Phi) is 4.24. The molecule has 5 heteroatoms. The van der Waals surface area contributed by atoms with Crippen LogP contribution in [0.5, 0.6) is 5.75 Å². The first-order valence-corrected chi connectivity index (χ1v) is 7.96. The molecule has 0 saturated carbocycles. The highest BCUT2D eigenvalue weighted by molar-refractivity contribution is 7.91. The summed E-state index contributed by atoms with van der Waals surface area (Å²) in [5.41, 5.74) is 1.10. The first kappa shape index (κ1) is 13.4. The second-order valence-corrected chi connectivity index (χ2v) is 6.94. The van der Waals surface area contributed by atoms with Crippen LogP contribution in [0.2, 0.25) is 0 Å². The Bertz CT molecular complexity index is 499. The van der Waals surface area contributed by atoms with Crippen LogP contribution in [-0.4, -0.2) is 33.6 Å². The van der Waals surface area contributed by atoms with Crippen LogP contribution >= 0.6 is 0 Å². The highest BCUT2D eigenvalue weighted by atomic mass is 32.2. The fourth-order valence-corrected chi connectivity index (χ4v) is 4.15. The summed E-state index contributed by atoms with van der Waals surface area (Å²) in [6.07, 6.45) is 0.779. The van der Waals surface area contributed by atoms with Gasteiger partial charge in [-0.1, -0.05) is 18.2 Å². The van der Waals surface area contributed by atoms with Crippen LogP contribution < -0.4 is 10.1 Å². The lowest BCUT2D eigenvalue weighted by Gasteiger charge is -2.11. The third-order valence-corrected chi connectivity index (χ3v) is 5.10. The first-order chi connectivity index (χ1) is 8.61. The number of hydrogen-bond acceptors (Lipinski definition) is 4. The van der Waals surface area contributed by atoms with Crippen LogP contribution in [0, 0.1) is 5.92 Å². The van der Waals surface area contributed by atoms with Gasteiger partial charge in [0.1, 0.15) is 5.75 Å². The quantitative estimate of drug-likeness (QED) is 0.873. The molecular weight excluding hydrogens is 250 g/mol. The Morgan fingerprint density at radius 1 is 1.39 bits per heavy atom. The van der Waals surface area contributed by atoms with E-state index >= 15 is 0 Å². The first-order valence-electron chi connectivity index (χ1n) is 6.14. The van der Waals surface area contributed by atoms with Gasteiger partial charge >= 0.3 is 0 Å². The van der Waals surface area contributed by atoms with Crippen molar-refractivity contribution in [2.24, 2.45) is 5.92 Å². The fourth-order valence-electron chi connectivity index (χ4n) is 2.29. The van der Waals surface area contributed by atoms with E-state index in [4.69, 9.17) is 4.74 Å². The molecule has 1 aliphatic heterocycles. The van der Waals surface area contributed by atoms with Crippen LogP contribution in [0.15, 0.2) is 24.3 Å². The van der Waals surface area contributed by atoms with E-state index in [0.29, 0.717) is 18.1 Å². The predicted octanol–water partition coefficient (Wildman–Crippen LogP) is 1.22. The van der Waals surface area contributed by atoms with Gasteiger partial charge in [0, 0.05) is 12.1 Å². The van der Waals surface area contributed by atoms with E-state index in [1.165, 1.54) is 0 Å². The highest BCUT2D eigenvalue weighted by Gasteiger charge is 2.27. The largest absolute Gasteiger partial charge is 0.496 e. The summed E-state index contributed by atoms with van der Waals surface area (Å²) in [6, 6.07) is 7.85. The van der Waals surface area contributed by atoms with E-state index in [1.54, 1.807) is 7.11 Å². The number of sulfone groups is 1. The molecule has 1 heterocycles. The molecule has 0 bridgehead atoms. The van der Waals surface area contributed by atoms with Crippen LogP contribution in [0.25, 0.3) is 0 Å². The molecule has 1 N–H and O–H groups in total. The van der Waals surface area contributed by atoms with Crippen molar-refractivity contribution in [1.82, 2.24) is 5.32 Å². The second kappa shape index (κ2) is 5.71. The summed E-state index contributed by atoms with van der Waals surface area (Å²) in [5, 5.41) is 3.31. The normalized spacial score (nSPS) is 21.9. The molecule has 1 aromatic rings. The van der Waals surface area contributed by atoms with Gasteiger partial charge in [0.15, 0.2) is 9.84 Å². The number of nitrogens with one attached hydrogen (secondary N) is 1. The number of methoxy groups -OCH3 is 1. The van der Waals surface area contributed by atoms with Crippen molar-refractivity contribution in [2.45, 2.75) is 13.0 Å². The summed E-state index contributed by atoms with van der Waals surface area (Å²) in [7, 11) is -1.11. The zero-order chi connectivity index (χ0) is 13.0. The molecule has 18 heavy (non-hydrogen) atoms. The van der Waals surface area contributed by atoms with Crippen molar-refractivity contribution in [1.29, 1.82) is 0 Å². The van der Waals surface area contributed by atoms with Crippen LogP contribution in [-0.2, 0) is 16.4 Å². The van der Waals surface area contributed by atoms with E-state index in [9.17, 15) is 8.42 Å². The van der Waals surface area contributed by atoms with E-state index in [1.807, 2.05) is 24.3 Å². The van der Waals surface area contributed by atoms with Crippen molar-refractivity contribution in [2.75, 3.05) is 25.2 Å². The Balaban J connectivity index is 1.82. The Hall–Kier alpha value is -1.07.